The summed E-state index contributed by atoms with van der Waals surface area (Å²) in [5, 5.41) is 11.7. The molecule has 4 nitrogen and oxygen atoms in total. The summed E-state index contributed by atoms with van der Waals surface area (Å²) in [4.78, 5) is 12.0. The van der Waals surface area contributed by atoms with Gasteiger partial charge in [-0.05, 0) is 30.5 Å². The van der Waals surface area contributed by atoms with Crippen LogP contribution in [0.3, 0.4) is 0 Å². The van der Waals surface area contributed by atoms with E-state index in [2.05, 4.69) is 27.3 Å². The molecule has 1 N–H and O–H groups in total. The average molecular weight is 309 g/mol. The summed E-state index contributed by atoms with van der Waals surface area (Å²) >= 11 is 3.32. The van der Waals surface area contributed by atoms with Gasteiger partial charge in [-0.15, -0.1) is 0 Å². The molecule has 2 rings (SSSR count). The molecule has 0 spiro atoms. The van der Waals surface area contributed by atoms with E-state index in [-0.39, 0.29) is 11.8 Å². The Morgan fingerprint density at radius 3 is 3.00 bits per heavy atom. The number of carbonyl (C=O) groups excluding carboxylic acids is 1. The van der Waals surface area contributed by atoms with E-state index in [1.54, 1.807) is 18.2 Å². The second-order valence-electron chi connectivity index (χ2n) is 4.35. The molecule has 1 fully saturated rings. The number of hydrogen-bond acceptors (Lipinski definition) is 3. The first-order valence-electron chi connectivity index (χ1n) is 5.74. The van der Waals surface area contributed by atoms with Gasteiger partial charge >= 0.3 is 0 Å². The third-order valence-electron chi connectivity index (χ3n) is 3.01. The Morgan fingerprint density at radius 1 is 1.61 bits per heavy atom. The highest BCUT2D eigenvalue weighted by atomic mass is 79.9. The maximum Gasteiger partial charge on any atom is 0.253 e. The first-order valence-corrected chi connectivity index (χ1v) is 6.53. The molecule has 2 atom stereocenters. The highest BCUT2D eigenvalue weighted by Crippen LogP contribution is 2.24. The SMILES string of the molecule is CC1CCOC1C(=O)Nc1cc(Br)ccc1C#N. The van der Waals surface area contributed by atoms with Crippen LogP contribution < -0.4 is 5.32 Å². The normalized spacial score (nSPS) is 22.5. The van der Waals surface area contributed by atoms with Gasteiger partial charge in [0.15, 0.2) is 0 Å². The zero-order chi connectivity index (χ0) is 13.1. The van der Waals surface area contributed by atoms with Crippen LogP contribution >= 0.6 is 15.9 Å². The molecule has 1 aliphatic rings. The molecule has 1 heterocycles. The third kappa shape index (κ3) is 2.71. The predicted octanol–water partition coefficient (Wildman–Crippen LogP) is 2.68. The summed E-state index contributed by atoms with van der Waals surface area (Å²) in [6, 6.07) is 7.20. The van der Waals surface area contributed by atoms with Gasteiger partial charge in [-0.3, -0.25) is 4.79 Å². The van der Waals surface area contributed by atoms with E-state index in [9.17, 15) is 4.79 Å². The average Bonchev–Trinajstić information content (AvgIpc) is 2.76. The van der Waals surface area contributed by atoms with Crippen molar-refractivity contribution in [3.8, 4) is 6.07 Å². The number of ether oxygens (including phenoxy) is 1. The summed E-state index contributed by atoms with van der Waals surface area (Å²) in [5.41, 5.74) is 0.955. The zero-order valence-corrected chi connectivity index (χ0v) is 11.5. The number of amides is 1. The van der Waals surface area contributed by atoms with Crippen LogP contribution in [-0.2, 0) is 9.53 Å². The zero-order valence-electron chi connectivity index (χ0n) is 9.94. The summed E-state index contributed by atoms with van der Waals surface area (Å²) < 4.78 is 6.21. The lowest BCUT2D eigenvalue weighted by atomic mass is 10.0. The Morgan fingerprint density at radius 2 is 2.39 bits per heavy atom. The van der Waals surface area contributed by atoms with E-state index >= 15 is 0 Å². The van der Waals surface area contributed by atoms with Gasteiger partial charge in [0.05, 0.1) is 11.3 Å². The number of benzene rings is 1. The van der Waals surface area contributed by atoms with Crippen molar-refractivity contribution in [2.45, 2.75) is 19.4 Å². The molecular formula is C13H13BrN2O2. The molecule has 5 heteroatoms. The van der Waals surface area contributed by atoms with Gasteiger partial charge < -0.3 is 10.1 Å². The lowest BCUT2D eigenvalue weighted by Crippen LogP contribution is -2.31. The number of halogens is 1. The molecule has 18 heavy (non-hydrogen) atoms. The Kier molecular flexibility index (Phi) is 4.00. The van der Waals surface area contributed by atoms with Crippen LogP contribution in [0.25, 0.3) is 0 Å². The molecule has 0 bridgehead atoms. The number of rotatable bonds is 2. The molecule has 1 aliphatic heterocycles. The number of hydrogen-bond donors (Lipinski definition) is 1. The quantitative estimate of drug-likeness (QED) is 0.913. The van der Waals surface area contributed by atoms with E-state index in [1.807, 2.05) is 6.92 Å². The van der Waals surface area contributed by atoms with Crippen molar-refractivity contribution in [2.24, 2.45) is 5.92 Å². The molecule has 94 valence electrons. The first kappa shape index (κ1) is 13.1. The summed E-state index contributed by atoms with van der Waals surface area (Å²) in [7, 11) is 0. The van der Waals surface area contributed by atoms with Gasteiger partial charge in [-0.25, -0.2) is 0 Å². The first-order chi connectivity index (χ1) is 8.61. The molecule has 0 radical (unpaired) electrons. The van der Waals surface area contributed by atoms with Crippen LogP contribution in [-0.4, -0.2) is 18.6 Å². The monoisotopic (exact) mass is 308 g/mol. The number of nitriles is 1. The van der Waals surface area contributed by atoms with Gasteiger partial charge in [-0.1, -0.05) is 22.9 Å². The van der Waals surface area contributed by atoms with E-state index in [0.29, 0.717) is 17.9 Å². The molecule has 1 aromatic rings. The van der Waals surface area contributed by atoms with Gasteiger partial charge in [-0.2, -0.15) is 5.26 Å². The third-order valence-corrected chi connectivity index (χ3v) is 3.50. The predicted molar refractivity (Wildman–Crippen MR) is 71.0 cm³/mol. The van der Waals surface area contributed by atoms with E-state index < -0.39 is 6.10 Å². The van der Waals surface area contributed by atoms with Crippen LogP contribution in [0.5, 0.6) is 0 Å². The van der Waals surface area contributed by atoms with Gasteiger partial charge in [0, 0.05) is 11.1 Å². The lowest BCUT2D eigenvalue weighted by Gasteiger charge is -2.15. The molecule has 0 aliphatic carbocycles. The molecule has 1 aromatic carbocycles. The number of anilines is 1. The molecule has 0 saturated carbocycles. The van der Waals surface area contributed by atoms with E-state index in [4.69, 9.17) is 10.00 Å². The van der Waals surface area contributed by atoms with Crippen LogP contribution in [0.15, 0.2) is 22.7 Å². The topological polar surface area (TPSA) is 62.1 Å². The van der Waals surface area contributed by atoms with Gasteiger partial charge in [0.2, 0.25) is 0 Å². The van der Waals surface area contributed by atoms with Gasteiger partial charge in [0.1, 0.15) is 12.2 Å². The van der Waals surface area contributed by atoms with Crippen LogP contribution in [0.2, 0.25) is 0 Å². The number of carbonyl (C=O) groups is 1. The summed E-state index contributed by atoms with van der Waals surface area (Å²) in [6.07, 6.45) is 0.470. The maximum atomic E-state index is 12.0. The second kappa shape index (κ2) is 5.51. The minimum atomic E-state index is -0.421. The van der Waals surface area contributed by atoms with Gasteiger partial charge in [0.25, 0.3) is 5.91 Å². The largest absolute Gasteiger partial charge is 0.368 e. The number of nitrogens with one attached hydrogen (secondary N) is 1. The standard InChI is InChI=1S/C13H13BrN2O2/c1-8-4-5-18-12(8)13(17)16-11-6-10(14)3-2-9(11)7-15/h2-3,6,8,12H,4-5H2,1H3,(H,16,17). The number of nitrogens with zero attached hydrogens (tertiary/aromatic N) is 1. The highest BCUT2D eigenvalue weighted by molar-refractivity contribution is 9.10. The van der Waals surface area contributed by atoms with Crippen molar-refractivity contribution in [3.63, 3.8) is 0 Å². The van der Waals surface area contributed by atoms with E-state index in [0.717, 1.165) is 10.9 Å². The van der Waals surface area contributed by atoms with Crippen molar-refractivity contribution < 1.29 is 9.53 Å². The lowest BCUT2D eigenvalue weighted by molar-refractivity contribution is -0.126. The maximum absolute atomic E-state index is 12.0. The molecule has 0 aromatic heterocycles. The van der Waals surface area contributed by atoms with Crippen molar-refractivity contribution >= 4 is 27.5 Å². The Bertz CT molecular complexity index is 510. The fourth-order valence-corrected chi connectivity index (χ4v) is 2.31. The fraction of sp³-hybridized carbons (Fsp3) is 0.385. The van der Waals surface area contributed by atoms with Crippen molar-refractivity contribution in [3.05, 3.63) is 28.2 Å². The Hall–Kier alpha value is -1.38. The minimum absolute atomic E-state index is 0.186. The molecular weight excluding hydrogens is 296 g/mol. The van der Waals surface area contributed by atoms with Crippen LogP contribution in [0.1, 0.15) is 18.9 Å². The summed E-state index contributed by atoms with van der Waals surface area (Å²) in [5.74, 6) is 0.0253. The van der Waals surface area contributed by atoms with Crippen LogP contribution in [0, 0.1) is 17.2 Å². The van der Waals surface area contributed by atoms with Crippen molar-refractivity contribution in [1.29, 1.82) is 5.26 Å². The molecule has 1 amide bonds. The Labute approximate surface area is 114 Å². The van der Waals surface area contributed by atoms with E-state index in [1.165, 1.54) is 0 Å². The fourth-order valence-electron chi connectivity index (χ4n) is 1.95. The van der Waals surface area contributed by atoms with Crippen LogP contribution in [0.4, 0.5) is 5.69 Å². The Balaban J connectivity index is 2.16. The molecule has 2 unspecified atom stereocenters. The summed E-state index contributed by atoms with van der Waals surface area (Å²) in [6.45, 7) is 2.60. The smallest absolute Gasteiger partial charge is 0.253 e. The molecule has 1 saturated heterocycles. The highest BCUT2D eigenvalue weighted by Gasteiger charge is 2.31. The minimum Gasteiger partial charge on any atom is -0.368 e. The second-order valence-corrected chi connectivity index (χ2v) is 5.26. The van der Waals surface area contributed by atoms with Crippen molar-refractivity contribution in [1.82, 2.24) is 0 Å². The van der Waals surface area contributed by atoms with Crippen molar-refractivity contribution in [2.75, 3.05) is 11.9 Å².